The Kier molecular flexibility index (Phi) is 4.46. The van der Waals surface area contributed by atoms with Crippen LogP contribution in [0.5, 0.6) is 0 Å². The number of piperazine rings is 1. The topological polar surface area (TPSA) is 36.4 Å². The van der Waals surface area contributed by atoms with Crippen molar-refractivity contribution in [2.75, 3.05) is 26.2 Å². The number of hydrogen-bond acceptors (Lipinski definition) is 5. The molecule has 0 N–H and O–H groups in total. The maximum Gasteiger partial charge on any atom is 0.264 e. The monoisotopic (exact) mass is 347 g/mol. The number of thiophene rings is 1. The van der Waals surface area contributed by atoms with E-state index in [9.17, 15) is 4.79 Å². The van der Waals surface area contributed by atoms with Gasteiger partial charge >= 0.3 is 0 Å². The number of hydrogen-bond donors (Lipinski definition) is 0. The fraction of sp³-hybridized carbons (Fsp3) is 0.529. The number of fused-ring (bicyclic) bond motifs is 1. The van der Waals surface area contributed by atoms with Crippen molar-refractivity contribution in [2.24, 2.45) is 0 Å². The van der Waals surface area contributed by atoms with E-state index in [4.69, 9.17) is 0 Å². The zero-order chi connectivity index (χ0) is 15.6. The molecule has 0 bridgehead atoms. The normalized spacial score (nSPS) is 18.9. The molecule has 1 aliphatic heterocycles. The summed E-state index contributed by atoms with van der Waals surface area (Å²) in [5.41, 5.74) is 4.45. The van der Waals surface area contributed by atoms with Crippen molar-refractivity contribution in [3.05, 3.63) is 38.0 Å². The third kappa shape index (κ3) is 3.34. The molecule has 2 aliphatic rings. The van der Waals surface area contributed by atoms with E-state index >= 15 is 0 Å². The minimum Gasteiger partial charge on any atom is -0.335 e. The van der Waals surface area contributed by atoms with E-state index in [-0.39, 0.29) is 5.91 Å². The van der Waals surface area contributed by atoms with Gasteiger partial charge < -0.3 is 4.90 Å². The third-order valence-corrected chi connectivity index (χ3v) is 6.60. The van der Waals surface area contributed by atoms with Gasteiger partial charge in [0.25, 0.3) is 5.91 Å². The second kappa shape index (κ2) is 6.71. The summed E-state index contributed by atoms with van der Waals surface area (Å²) >= 11 is 3.37. The van der Waals surface area contributed by atoms with Gasteiger partial charge in [0.1, 0.15) is 0 Å². The molecule has 0 atom stereocenters. The van der Waals surface area contributed by atoms with Crippen molar-refractivity contribution in [3.8, 4) is 0 Å². The predicted molar refractivity (Wildman–Crippen MR) is 94.3 cm³/mol. The van der Waals surface area contributed by atoms with Crippen molar-refractivity contribution in [1.29, 1.82) is 0 Å². The van der Waals surface area contributed by atoms with Gasteiger partial charge in [-0.15, -0.1) is 22.7 Å². The first-order valence-electron chi connectivity index (χ1n) is 8.30. The molecule has 4 rings (SSSR count). The molecular formula is C17H21N3OS2. The number of carbonyl (C=O) groups is 1. The van der Waals surface area contributed by atoms with Gasteiger partial charge in [-0.3, -0.25) is 9.69 Å². The van der Waals surface area contributed by atoms with Crippen LogP contribution < -0.4 is 0 Å². The predicted octanol–water partition coefficient (Wildman–Crippen LogP) is 3.04. The summed E-state index contributed by atoms with van der Waals surface area (Å²) in [7, 11) is 0. The molecule has 0 aromatic carbocycles. The largest absolute Gasteiger partial charge is 0.335 e. The first-order valence-corrected chi connectivity index (χ1v) is 10.1. The highest BCUT2D eigenvalue weighted by molar-refractivity contribution is 7.14. The van der Waals surface area contributed by atoms with Gasteiger partial charge in [0, 0.05) is 43.0 Å². The summed E-state index contributed by atoms with van der Waals surface area (Å²) in [6.45, 7) is 4.43. The summed E-state index contributed by atoms with van der Waals surface area (Å²) in [5, 5.41) is 2.10. The van der Waals surface area contributed by atoms with E-state index in [1.165, 1.54) is 23.3 Å². The van der Waals surface area contributed by atoms with E-state index in [1.54, 1.807) is 22.7 Å². The Morgan fingerprint density at radius 1 is 1.17 bits per heavy atom. The molecule has 3 heterocycles. The van der Waals surface area contributed by atoms with Crippen LogP contribution in [0, 0.1) is 0 Å². The molecule has 1 fully saturated rings. The van der Waals surface area contributed by atoms with Crippen LogP contribution in [0.3, 0.4) is 0 Å². The number of rotatable bonds is 3. The lowest BCUT2D eigenvalue weighted by atomic mass is 9.99. The molecule has 23 heavy (non-hydrogen) atoms. The van der Waals surface area contributed by atoms with Crippen molar-refractivity contribution >= 4 is 28.6 Å². The van der Waals surface area contributed by atoms with Gasteiger partial charge in [0.2, 0.25) is 0 Å². The molecule has 2 aromatic rings. The first-order chi connectivity index (χ1) is 11.3. The molecule has 122 valence electrons. The third-order valence-electron chi connectivity index (χ3n) is 4.74. The zero-order valence-corrected chi connectivity index (χ0v) is 14.8. The lowest BCUT2D eigenvalue weighted by molar-refractivity contribution is 0.0632. The Morgan fingerprint density at radius 2 is 2.00 bits per heavy atom. The van der Waals surface area contributed by atoms with Crippen molar-refractivity contribution < 1.29 is 4.79 Å². The fourth-order valence-corrected chi connectivity index (χ4v) is 5.18. The molecule has 4 nitrogen and oxygen atoms in total. The van der Waals surface area contributed by atoms with Crippen molar-refractivity contribution in [3.63, 3.8) is 0 Å². The smallest absolute Gasteiger partial charge is 0.264 e. The van der Waals surface area contributed by atoms with Crippen LogP contribution in [0.1, 0.15) is 38.6 Å². The van der Waals surface area contributed by atoms with E-state index in [0.717, 1.165) is 56.1 Å². The minimum absolute atomic E-state index is 0.234. The lowest BCUT2D eigenvalue weighted by Gasteiger charge is -2.34. The van der Waals surface area contributed by atoms with E-state index in [1.807, 2.05) is 10.4 Å². The van der Waals surface area contributed by atoms with Crippen LogP contribution >= 0.6 is 22.7 Å². The summed E-state index contributed by atoms with van der Waals surface area (Å²) < 4.78 is 0. The second-order valence-electron chi connectivity index (χ2n) is 6.31. The van der Waals surface area contributed by atoms with Crippen molar-refractivity contribution in [2.45, 2.75) is 32.2 Å². The lowest BCUT2D eigenvalue weighted by Crippen LogP contribution is -2.48. The molecule has 1 aliphatic carbocycles. The highest BCUT2D eigenvalue weighted by atomic mass is 32.1. The SMILES string of the molecule is O=C(c1cc2c(s1)CCCC2)N1CCN(Cc2cscn2)CC1. The molecule has 1 amide bonds. The molecular weight excluding hydrogens is 326 g/mol. The average molecular weight is 348 g/mol. The molecule has 0 unspecified atom stereocenters. The van der Waals surface area contributed by atoms with E-state index in [0.29, 0.717) is 0 Å². The summed E-state index contributed by atoms with van der Waals surface area (Å²) in [4.78, 5) is 23.9. The standard InChI is InChI=1S/C17H21N3OS2/c21-17(16-9-13-3-1-2-4-15(13)23-16)20-7-5-19(6-8-20)10-14-11-22-12-18-14/h9,11-12H,1-8,10H2. The Balaban J connectivity index is 1.36. The Morgan fingerprint density at radius 3 is 2.74 bits per heavy atom. The number of amides is 1. The van der Waals surface area contributed by atoms with Crippen LogP contribution in [0.4, 0.5) is 0 Å². The summed E-state index contributed by atoms with van der Waals surface area (Å²) in [6, 6.07) is 2.16. The summed E-state index contributed by atoms with van der Waals surface area (Å²) in [5.74, 6) is 0.234. The zero-order valence-electron chi connectivity index (χ0n) is 13.2. The fourth-order valence-electron chi connectivity index (χ4n) is 3.41. The van der Waals surface area contributed by atoms with Crippen LogP contribution in [0.25, 0.3) is 0 Å². The quantitative estimate of drug-likeness (QED) is 0.856. The molecule has 6 heteroatoms. The van der Waals surface area contributed by atoms with E-state index in [2.05, 4.69) is 21.3 Å². The van der Waals surface area contributed by atoms with Gasteiger partial charge in [-0.25, -0.2) is 4.98 Å². The van der Waals surface area contributed by atoms with Crippen LogP contribution in [0.15, 0.2) is 17.0 Å². The number of carbonyl (C=O) groups excluding carboxylic acids is 1. The first kappa shape index (κ1) is 15.3. The number of nitrogens with zero attached hydrogens (tertiary/aromatic N) is 3. The molecule has 0 radical (unpaired) electrons. The van der Waals surface area contributed by atoms with Gasteiger partial charge in [-0.1, -0.05) is 0 Å². The Labute approximate surface area is 144 Å². The highest BCUT2D eigenvalue weighted by Gasteiger charge is 2.25. The van der Waals surface area contributed by atoms with Crippen LogP contribution in [-0.2, 0) is 19.4 Å². The Hall–Kier alpha value is -1.24. The van der Waals surface area contributed by atoms with Gasteiger partial charge in [0.05, 0.1) is 16.1 Å². The van der Waals surface area contributed by atoms with Crippen LogP contribution in [0.2, 0.25) is 0 Å². The maximum atomic E-state index is 12.7. The number of aryl methyl sites for hydroxylation is 2. The number of aromatic nitrogens is 1. The van der Waals surface area contributed by atoms with E-state index < -0.39 is 0 Å². The number of thiazole rings is 1. The van der Waals surface area contributed by atoms with Gasteiger partial charge in [0.15, 0.2) is 0 Å². The van der Waals surface area contributed by atoms with Gasteiger partial charge in [-0.2, -0.15) is 0 Å². The van der Waals surface area contributed by atoms with Gasteiger partial charge in [-0.05, 0) is 37.3 Å². The van der Waals surface area contributed by atoms with Crippen molar-refractivity contribution in [1.82, 2.24) is 14.8 Å². The highest BCUT2D eigenvalue weighted by Crippen LogP contribution is 2.30. The maximum absolute atomic E-state index is 12.7. The summed E-state index contributed by atoms with van der Waals surface area (Å²) in [6.07, 6.45) is 4.86. The Bertz CT molecular complexity index is 649. The molecule has 1 saturated heterocycles. The molecule has 2 aromatic heterocycles. The van der Waals surface area contributed by atoms with Crippen LogP contribution in [-0.4, -0.2) is 46.9 Å². The minimum atomic E-state index is 0.234. The second-order valence-corrected chi connectivity index (χ2v) is 8.17. The molecule has 0 spiro atoms. The average Bonchev–Trinajstić information content (AvgIpc) is 3.24. The molecule has 0 saturated carbocycles.